The highest BCUT2D eigenvalue weighted by molar-refractivity contribution is 7.80. The zero-order chi connectivity index (χ0) is 32.0. The highest BCUT2D eigenvalue weighted by atomic mass is 32.2. The lowest BCUT2D eigenvalue weighted by Gasteiger charge is -2.31. The number of fused-ring (bicyclic) bond motifs is 1. The molecule has 44 heavy (non-hydrogen) atoms. The van der Waals surface area contributed by atoms with Gasteiger partial charge in [0.2, 0.25) is 5.95 Å². The number of Topliss-reactive ketones (excluding diaryl/α,β-unsaturated/α-hetero) is 1. The molecule has 0 saturated carbocycles. The lowest BCUT2D eigenvalue weighted by Crippen LogP contribution is -2.33. The number of carbonyl (C=O) groups excluding carboxylic acids is 1. The van der Waals surface area contributed by atoms with E-state index in [0.717, 1.165) is 50.4 Å². The van der Waals surface area contributed by atoms with E-state index >= 15 is 0 Å². The Morgan fingerprint density at radius 2 is 1.91 bits per heavy atom. The summed E-state index contributed by atoms with van der Waals surface area (Å²) in [6.07, 6.45) is 7.54. The maximum atomic E-state index is 13.8. The summed E-state index contributed by atoms with van der Waals surface area (Å²) in [5.74, 6) is -1.57. The molecule has 3 heterocycles. The first-order valence-electron chi connectivity index (χ1n) is 15.1. The zero-order valence-electron chi connectivity index (χ0n) is 25.9. The predicted octanol–water partition coefficient (Wildman–Crippen LogP) is 7.39. The van der Waals surface area contributed by atoms with E-state index in [-0.39, 0.29) is 17.2 Å². The molecular formula is C32H42F2N6O3S. The van der Waals surface area contributed by atoms with E-state index in [1.807, 2.05) is 6.20 Å². The molecule has 9 nitrogen and oxygen atoms in total. The SMILES string of the molecule is CCC[C@@H](C[C@@H](C)C(C)CCC(=O)c1ccnc(NS(=O)O)c1)N1Cc2cnc(Nc3ccc(C(C)(F)F)c(C)c3)nc2C1. The van der Waals surface area contributed by atoms with Crippen molar-refractivity contribution in [3.8, 4) is 0 Å². The fraction of sp³-hybridized carbons (Fsp3) is 0.500. The van der Waals surface area contributed by atoms with Gasteiger partial charge in [0.1, 0.15) is 5.82 Å². The number of hydrogen-bond donors (Lipinski definition) is 3. The fourth-order valence-corrected chi connectivity index (χ4v) is 6.13. The number of benzene rings is 1. The van der Waals surface area contributed by atoms with E-state index in [0.29, 0.717) is 53.6 Å². The van der Waals surface area contributed by atoms with Crippen molar-refractivity contribution in [3.05, 3.63) is 70.7 Å². The standard InChI is InChI=1S/C32H42F2N6O3S/c1-6-7-26(15-21(3)20(2)8-11-29(41)23-12-13-35-30(16-23)39-44(42)43)40-18-24-17-36-31(38-28(24)19-40)37-25-9-10-27(22(4)14-25)32(5,33)34/h9-10,12-14,16-17,20-21,26H,6-8,11,15,18-19H2,1-5H3,(H,35,39)(H,42,43)(H,36,37,38)/t20?,21-,26+/m1/s1. The molecule has 0 bridgehead atoms. The van der Waals surface area contributed by atoms with Crippen LogP contribution in [0.1, 0.15) is 92.5 Å². The number of halogens is 2. The Hall–Kier alpha value is -3.35. The molecule has 0 radical (unpaired) electrons. The van der Waals surface area contributed by atoms with Gasteiger partial charge in [0, 0.05) is 67.2 Å². The average Bonchev–Trinajstić information content (AvgIpc) is 3.38. The van der Waals surface area contributed by atoms with E-state index in [1.54, 1.807) is 25.1 Å². The number of anilines is 3. The van der Waals surface area contributed by atoms with Crippen molar-refractivity contribution in [2.45, 2.75) is 91.8 Å². The van der Waals surface area contributed by atoms with Crippen LogP contribution in [-0.2, 0) is 30.3 Å². The van der Waals surface area contributed by atoms with Gasteiger partial charge in [-0.1, -0.05) is 33.3 Å². The maximum absolute atomic E-state index is 13.8. The number of ketones is 1. The van der Waals surface area contributed by atoms with Crippen LogP contribution in [0.15, 0.2) is 42.7 Å². The number of aromatic nitrogens is 3. The van der Waals surface area contributed by atoms with Gasteiger partial charge in [-0.2, -0.15) is 0 Å². The molecule has 4 atom stereocenters. The molecule has 2 aromatic heterocycles. The summed E-state index contributed by atoms with van der Waals surface area (Å²) < 4.78 is 49.9. The number of alkyl halides is 2. The van der Waals surface area contributed by atoms with Crippen LogP contribution >= 0.6 is 0 Å². The summed E-state index contributed by atoms with van der Waals surface area (Å²) in [7, 11) is 0. The molecule has 0 aliphatic carbocycles. The molecule has 1 aliphatic rings. The van der Waals surface area contributed by atoms with Gasteiger partial charge < -0.3 is 5.32 Å². The third-order valence-corrected chi connectivity index (χ3v) is 8.87. The van der Waals surface area contributed by atoms with Gasteiger partial charge >= 0.3 is 0 Å². The summed E-state index contributed by atoms with van der Waals surface area (Å²) in [6.45, 7) is 10.7. The molecule has 0 amide bonds. The van der Waals surface area contributed by atoms with E-state index in [2.05, 4.69) is 45.7 Å². The summed E-state index contributed by atoms with van der Waals surface area (Å²) in [5, 5.41) is 3.17. The Bertz CT molecular complexity index is 1480. The molecule has 2 unspecified atom stereocenters. The maximum Gasteiger partial charge on any atom is 0.270 e. The van der Waals surface area contributed by atoms with Gasteiger partial charge in [0.25, 0.3) is 17.2 Å². The van der Waals surface area contributed by atoms with Crippen LogP contribution in [0.4, 0.5) is 26.2 Å². The zero-order valence-corrected chi connectivity index (χ0v) is 26.8. The minimum absolute atomic E-state index is 0.00420. The van der Waals surface area contributed by atoms with Crippen LogP contribution in [0.3, 0.4) is 0 Å². The first kappa shape index (κ1) is 33.5. The number of rotatable bonds is 15. The number of nitrogens with zero attached hydrogens (tertiary/aromatic N) is 4. The second-order valence-electron chi connectivity index (χ2n) is 12.0. The van der Waals surface area contributed by atoms with E-state index < -0.39 is 17.2 Å². The fourth-order valence-electron chi connectivity index (χ4n) is 5.84. The number of nitrogens with one attached hydrogen (secondary N) is 2. The highest BCUT2D eigenvalue weighted by Crippen LogP contribution is 2.33. The first-order valence-corrected chi connectivity index (χ1v) is 16.2. The van der Waals surface area contributed by atoms with Crippen LogP contribution in [0.5, 0.6) is 0 Å². The summed E-state index contributed by atoms with van der Waals surface area (Å²) in [4.78, 5) is 28.5. The number of pyridine rings is 1. The Kier molecular flexibility index (Phi) is 11.1. The number of hydrogen-bond acceptors (Lipinski definition) is 7. The minimum atomic E-state index is -2.90. The van der Waals surface area contributed by atoms with Crippen LogP contribution in [0.25, 0.3) is 0 Å². The van der Waals surface area contributed by atoms with Crippen molar-refractivity contribution >= 4 is 34.5 Å². The molecule has 1 aliphatic heterocycles. The van der Waals surface area contributed by atoms with Crippen LogP contribution in [-0.4, -0.2) is 40.4 Å². The molecule has 1 aromatic carbocycles. The van der Waals surface area contributed by atoms with Crippen molar-refractivity contribution in [2.24, 2.45) is 11.8 Å². The summed E-state index contributed by atoms with van der Waals surface area (Å²) in [6, 6.07) is 8.24. The first-order chi connectivity index (χ1) is 20.8. The van der Waals surface area contributed by atoms with Crippen molar-refractivity contribution in [2.75, 3.05) is 10.0 Å². The molecule has 12 heteroatoms. The third kappa shape index (κ3) is 8.86. The van der Waals surface area contributed by atoms with E-state index in [9.17, 15) is 17.8 Å². The van der Waals surface area contributed by atoms with E-state index in [1.165, 1.54) is 18.3 Å². The van der Waals surface area contributed by atoms with Crippen LogP contribution < -0.4 is 10.0 Å². The molecular weight excluding hydrogens is 586 g/mol. The van der Waals surface area contributed by atoms with Gasteiger partial charge in [0.05, 0.1) is 5.69 Å². The molecule has 238 valence electrons. The Labute approximate surface area is 260 Å². The van der Waals surface area contributed by atoms with Gasteiger partial charge in [-0.25, -0.2) is 27.9 Å². The smallest absolute Gasteiger partial charge is 0.270 e. The van der Waals surface area contributed by atoms with E-state index in [4.69, 9.17) is 9.54 Å². The molecule has 3 aromatic rings. The van der Waals surface area contributed by atoms with Gasteiger partial charge in [-0.05, 0) is 67.9 Å². The lowest BCUT2D eigenvalue weighted by atomic mass is 9.84. The molecule has 0 spiro atoms. The van der Waals surface area contributed by atoms with Crippen molar-refractivity contribution in [1.29, 1.82) is 0 Å². The lowest BCUT2D eigenvalue weighted by molar-refractivity contribution is 0.0168. The summed E-state index contributed by atoms with van der Waals surface area (Å²) >= 11 is -2.25. The second kappa shape index (κ2) is 14.6. The monoisotopic (exact) mass is 628 g/mol. The Morgan fingerprint density at radius 3 is 2.59 bits per heavy atom. The van der Waals surface area contributed by atoms with Crippen molar-refractivity contribution < 1.29 is 22.3 Å². The van der Waals surface area contributed by atoms with Crippen molar-refractivity contribution in [1.82, 2.24) is 19.9 Å². The summed E-state index contributed by atoms with van der Waals surface area (Å²) in [5.41, 5.74) is 3.71. The third-order valence-electron chi connectivity index (χ3n) is 8.49. The van der Waals surface area contributed by atoms with Crippen molar-refractivity contribution in [3.63, 3.8) is 0 Å². The Balaban J connectivity index is 1.33. The average molecular weight is 629 g/mol. The molecule has 4 rings (SSSR count). The van der Waals surface area contributed by atoms with Gasteiger partial charge in [-0.15, -0.1) is 0 Å². The number of carbonyl (C=O) groups is 1. The largest absolute Gasteiger partial charge is 0.324 e. The van der Waals surface area contributed by atoms with Crippen LogP contribution in [0, 0.1) is 18.8 Å². The molecule has 3 N–H and O–H groups in total. The van der Waals surface area contributed by atoms with Gasteiger partial charge in [-0.3, -0.25) is 19.0 Å². The second-order valence-corrected chi connectivity index (χ2v) is 12.7. The minimum Gasteiger partial charge on any atom is -0.324 e. The molecule has 0 fully saturated rings. The quantitative estimate of drug-likeness (QED) is 0.118. The van der Waals surface area contributed by atoms with Crippen LogP contribution in [0.2, 0.25) is 0 Å². The highest BCUT2D eigenvalue weighted by Gasteiger charge is 2.30. The molecule has 0 saturated heterocycles. The predicted molar refractivity (Wildman–Crippen MR) is 169 cm³/mol. The normalized spacial score (nSPS) is 16.2. The Morgan fingerprint density at radius 1 is 1.14 bits per heavy atom. The van der Waals surface area contributed by atoms with Gasteiger partial charge in [0.15, 0.2) is 5.78 Å². The number of aryl methyl sites for hydroxylation is 1. The topological polar surface area (TPSA) is 120 Å².